The second-order valence-electron chi connectivity index (χ2n) is 7.55. The summed E-state index contributed by atoms with van der Waals surface area (Å²) in [5, 5.41) is 14.8. The largest absolute Gasteiger partial charge is 0.494 e. The molecule has 0 atom stereocenters. The van der Waals surface area contributed by atoms with E-state index in [9.17, 15) is 5.11 Å². The van der Waals surface area contributed by atoms with Crippen molar-refractivity contribution in [1.29, 1.82) is 0 Å². The number of aromatic hydroxyl groups is 1. The zero-order valence-electron chi connectivity index (χ0n) is 17.1. The summed E-state index contributed by atoms with van der Waals surface area (Å²) in [6.07, 6.45) is 10.7. The average Bonchev–Trinajstić information content (AvgIpc) is 3.48. The molecular weight excluding hydrogens is 408 g/mol. The number of nitrogens with one attached hydrogen (secondary N) is 2. The smallest absolute Gasteiger partial charge is 0.225 e. The first-order valence-corrected chi connectivity index (χ1v) is 10.3. The Labute approximate surface area is 182 Å². The molecule has 0 bridgehead atoms. The third kappa shape index (κ3) is 3.17. The molecular formula is C22H20N8O2. The van der Waals surface area contributed by atoms with Crippen LogP contribution in [0.3, 0.4) is 0 Å². The molecule has 1 aliphatic rings. The second kappa shape index (κ2) is 7.50. The zero-order valence-corrected chi connectivity index (χ0v) is 17.1. The van der Waals surface area contributed by atoms with E-state index in [0.29, 0.717) is 30.6 Å². The van der Waals surface area contributed by atoms with Crippen LogP contribution in [0, 0.1) is 0 Å². The fourth-order valence-corrected chi connectivity index (χ4v) is 3.95. The number of hydrogen-bond acceptors (Lipinski definition) is 8. The SMILES string of the molecule is Oc1[nH]cc2cc(-c3cnc(Nc4cnc(N5CCOCC5)nc4)c4nccn34)ccc12. The van der Waals surface area contributed by atoms with Crippen molar-refractivity contribution in [1.82, 2.24) is 29.3 Å². The van der Waals surface area contributed by atoms with Gasteiger partial charge in [-0.15, -0.1) is 0 Å². The number of aromatic amines is 1. The van der Waals surface area contributed by atoms with E-state index in [1.807, 2.05) is 28.8 Å². The molecule has 1 fully saturated rings. The number of hydrogen-bond donors (Lipinski definition) is 3. The highest BCUT2D eigenvalue weighted by atomic mass is 16.5. The summed E-state index contributed by atoms with van der Waals surface area (Å²) in [4.78, 5) is 23.0. The summed E-state index contributed by atoms with van der Waals surface area (Å²) in [5.74, 6) is 1.47. The van der Waals surface area contributed by atoms with Crippen LogP contribution in [0.5, 0.6) is 5.88 Å². The number of rotatable bonds is 4. The van der Waals surface area contributed by atoms with Crippen molar-refractivity contribution in [2.45, 2.75) is 0 Å². The zero-order chi connectivity index (χ0) is 21.5. The Balaban J connectivity index is 1.30. The van der Waals surface area contributed by atoms with E-state index in [1.54, 1.807) is 31.0 Å². The van der Waals surface area contributed by atoms with Gasteiger partial charge in [-0.25, -0.2) is 19.9 Å². The third-order valence-corrected chi connectivity index (χ3v) is 5.59. The van der Waals surface area contributed by atoms with Crippen molar-refractivity contribution in [3.8, 4) is 17.1 Å². The molecule has 1 saturated heterocycles. The Kier molecular flexibility index (Phi) is 4.36. The van der Waals surface area contributed by atoms with Gasteiger partial charge in [0.2, 0.25) is 5.95 Å². The molecule has 1 aliphatic heterocycles. The maximum atomic E-state index is 9.87. The lowest BCUT2D eigenvalue weighted by Crippen LogP contribution is -2.37. The van der Waals surface area contributed by atoms with Crippen LogP contribution >= 0.6 is 0 Å². The molecule has 5 heterocycles. The Hall–Kier alpha value is -4.18. The maximum absolute atomic E-state index is 9.87. The Morgan fingerprint density at radius 2 is 1.88 bits per heavy atom. The Morgan fingerprint density at radius 3 is 2.72 bits per heavy atom. The van der Waals surface area contributed by atoms with Gasteiger partial charge in [-0.3, -0.25) is 4.40 Å². The van der Waals surface area contributed by atoms with Crippen molar-refractivity contribution < 1.29 is 9.84 Å². The van der Waals surface area contributed by atoms with Crippen LogP contribution in [0.2, 0.25) is 0 Å². The number of benzene rings is 1. The Bertz CT molecular complexity index is 1400. The van der Waals surface area contributed by atoms with Crippen LogP contribution in [0.4, 0.5) is 17.5 Å². The quantitative estimate of drug-likeness (QED) is 0.400. The molecule has 0 saturated carbocycles. The summed E-state index contributed by atoms with van der Waals surface area (Å²) < 4.78 is 7.36. The third-order valence-electron chi connectivity index (χ3n) is 5.59. The van der Waals surface area contributed by atoms with Gasteiger partial charge in [-0.05, 0) is 12.1 Å². The van der Waals surface area contributed by atoms with Gasteiger partial charge in [0.1, 0.15) is 0 Å². The minimum atomic E-state index is 0.166. The van der Waals surface area contributed by atoms with Crippen LogP contribution in [-0.4, -0.2) is 60.7 Å². The van der Waals surface area contributed by atoms with Crippen LogP contribution in [0.25, 0.3) is 27.7 Å². The fourth-order valence-electron chi connectivity index (χ4n) is 3.95. The molecule has 0 radical (unpaired) electrons. The predicted octanol–water partition coefficient (Wildman–Crippen LogP) is 2.95. The number of fused-ring (bicyclic) bond motifs is 2. The molecule has 4 aromatic heterocycles. The molecule has 3 N–H and O–H groups in total. The average molecular weight is 428 g/mol. The van der Waals surface area contributed by atoms with Crippen molar-refractivity contribution in [2.75, 3.05) is 36.5 Å². The molecule has 5 aromatic rings. The van der Waals surface area contributed by atoms with E-state index in [0.717, 1.165) is 40.8 Å². The van der Waals surface area contributed by atoms with E-state index in [1.165, 1.54) is 0 Å². The lowest BCUT2D eigenvalue weighted by Gasteiger charge is -2.26. The predicted molar refractivity (Wildman–Crippen MR) is 120 cm³/mol. The minimum absolute atomic E-state index is 0.166. The lowest BCUT2D eigenvalue weighted by atomic mass is 10.1. The van der Waals surface area contributed by atoms with Crippen molar-refractivity contribution >= 4 is 33.9 Å². The molecule has 6 rings (SSSR count). The summed E-state index contributed by atoms with van der Waals surface area (Å²) in [6.45, 7) is 2.96. The van der Waals surface area contributed by atoms with Crippen LogP contribution in [0.1, 0.15) is 0 Å². The van der Waals surface area contributed by atoms with Gasteiger partial charge in [0.15, 0.2) is 17.3 Å². The normalized spacial score (nSPS) is 14.3. The van der Waals surface area contributed by atoms with Gasteiger partial charge >= 0.3 is 0 Å². The number of H-pyrrole nitrogens is 1. The molecule has 1 aromatic carbocycles. The molecule has 10 nitrogen and oxygen atoms in total. The highest BCUT2D eigenvalue weighted by Gasteiger charge is 2.15. The van der Waals surface area contributed by atoms with Gasteiger partial charge in [-0.1, -0.05) is 6.07 Å². The standard InChI is InChI=1S/C22H20N8O2/c31-21-17-2-1-14(9-15(17)10-25-21)18-13-24-19(20-23-3-4-30(18)20)28-16-11-26-22(27-12-16)29-5-7-32-8-6-29/h1-4,9-13,25,31H,5-8H2,(H,24,28). The highest BCUT2D eigenvalue weighted by molar-refractivity contribution is 5.91. The summed E-state index contributed by atoms with van der Waals surface area (Å²) in [7, 11) is 0. The van der Waals surface area contributed by atoms with Crippen molar-refractivity contribution in [3.63, 3.8) is 0 Å². The number of ether oxygens (including phenoxy) is 1. The van der Waals surface area contributed by atoms with Gasteiger partial charge < -0.3 is 25.0 Å². The number of aromatic nitrogens is 6. The van der Waals surface area contributed by atoms with Crippen LogP contribution in [0.15, 0.2) is 55.4 Å². The topological polar surface area (TPSA) is 116 Å². The van der Waals surface area contributed by atoms with Crippen LogP contribution < -0.4 is 10.2 Å². The fraction of sp³-hybridized carbons (Fsp3) is 0.182. The van der Waals surface area contributed by atoms with Gasteiger partial charge in [0.05, 0.1) is 43.2 Å². The molecule has 0 spiro atoms. The van der Waals surface area contributed by atoms with E-state index in [2.05, 4.69) is 35.1 Å². The molecule has 160 valence electrons. The van der Waals surface area contributed by atoms with Gasteiger partial charge in [0.25, 0.3) is 0 Å². The number of morpholine rings is 1. The first-order valence-electron chi connectivity index (χ1n) is 10.3. The van der Waals surface area contributed by atoms with E-state index in [-0.39, 0.29) is 5.88 Å². The first kappa shape index (κ1) is 18.6. The first-order chi connectivity index (χ1) is 15.8. The molecule has 0 aliphatic carbocycles. The van der Waals surface area contributed by atoms with E-state index < -0.39 is 0 Å². The van der Waals surface area contributed by atoms with E-state index in [4.69, 9.17) is 4.74 Å². The maximum Gasteiger partial charge on any atom is 0.225 e. The molecule has 0 unspecified atom stereocenters. The van der Waals surface area contributed by atoms with Crippen LogP contribution in [-0.2, 0) is 4.74 Å². The monoisotopic (exact) mass is 428 g/mol. The molecule has 10 heteroatoms. The van der Waals surface area contributed by atoms with Crippen molar-refractivity contribution in [2.24, 2.45) is 0 Å². The lowest BCUT2D eigenvalue weighted by molar-refractivity contribution is 0.122. The molecule has 0 amide bonds. The number of nitrogens with zero attached hydrogens (tertiary/aromatic N) is 6. The number of anilines is 3. The summed E-state index contributed by atoms with van der Waals surface area (Å²) in [5.41, 5.74) is 3.29. The van der Waals surface area contributed by atoms with Gasteiger partial charge in [-0.2, -0.15) is 0 Å². The summed E-state index contributed by atoms with van der Waals surface area (Å²) in [6, 6.07) is 5.85. The minimum Gasteiger partial charge on any atom is -0.494 e. The van der Waals surface area contributed by atoms with Crippen molar-refractivity contribution in [3.05, 3.63) is 55.4 Å². The van der Waals surface area contributed by atoms with Gasteiger partial charge in [0, 0.05) is 48.0 Å². The summed E-state index contributed by atoms with van der Waals surface area (Å²) >= 11 is 0. The number of imidazole rings is 1. The highest BCUT2D eigenvalue weighted by Crippen LogP contribution is 2.30. The molecule has 32 heavy (non-hydrogen) atoms. The Morgan fingerprint density at radius 1 is 1.03 bits per heavy atom. The second-order valence-corrected chi connectivity index (χ2v) is 7.55. The van der Waals surface area contributed by atoms with E-state index >= 15 is 0 Å².